The highest BCUT2D eigenvalue weighted by molar-refractivity contribution is 5.98. The van der Waals surface area contributed by atoms with E-state index in [1.54, 1.807) is 6.07 Å². The van der Waals surface area contributed by atoms with Gasteiger partial charge in [0, 0.05) is 5.56 Å². The summed E-state index contributed by atoms with van der Waals surface area (Å²) in [7, 11) is 0. The molecule has 2 rings (SSSR count). The molecule has 1 aromatic carbocycles. The van der Waals surface area contributed by atoms with Gasteiger partial charge in [-0.15, -0.1) is 0 Å². The van der Waals surface area contributed by atoms with Gasteiger partial charge in [0.1, 0.15) is 5.54 Å². The molecule has 1 fully saturated rings. The Balaban J connectivity index is 2.26. The summed E-state index contributed by atoms with van der Waals surface area (Å²) in [5.74, 6) is -1.28. The largest absolute Gasteiger partial charge is 0.479 e. The van der Waals surface area contributed by atoms with Crippen LogP contribution < -0.4 is 5.32 Å². The molecule has 0 radical (unpaired) electrons. The van der Waals surface area contributed by atoms with Crippen LogP contribution in [0.3, 0.4) is 0 Å². The van der Waals surface area contributed by atoms with Crippen molar-refractivity contribution in [3.8, 4) is 0 Å². The molecule has 0 aliphatic heterocycles. The molecule has 0 bridgehead atoms. The highest BCUT2D eigenvalue weighted by Gasteiger charge is 2.46. The van der Waals surface area contributed by atoms with Crippen molar-refractivity contribution in [2.75, 3.05) is 0 Å². The zero-order valence-corrected chi connectivity index (χ0v) is 12.9. The van der Waals surface area contributed by atoms with Gasteiger partial charge in [-0.05, 0) is 55.9 Å². The molecular formula is C17H23NO3. The molecule has 1 aliphatic rings. The van der Waals surface area contributed by atoms with Crippen LogP contribution in [0.25, 0.3) is 0 Å². The molecule has 2 unspecified atom stereocenters. The molecule has 114 valence electrons. The number of carbonyl (C=O) groups is 2. The molecule has 4 nitrogen and oxygen atoms in total. The van der Waals surface area contributed by atoms with Gasteiger partial charge in [0.2, 0.25) is 0 Å². The fourth-order valence-corrected chi connectivity index (χ4v) is 3.06. The molecule has 1 aliphatic carbocycles. The van der Waals surface area contributed by atoms with Gasteiger partial charge in [-0.25, -0.2) is 4.79 Å². The predicted octanol–water partition coefficient (Wildman–Crippen LogP) is 3.07. The van der Waals surface area contributed by atoms with Gasteiger partial charge >= 0.3 is 5.97 Å². The van der Waals surface area contributed by atoms with E-state index in [1.165, 1.54) is 0 Å². The lowest BCUT2D eigenvalue weighted by Crippen LogP contribution is -2.60. The van der Waals surface area contributed by atoms with E-state index in [0.717, 1.165) is 30.4 Å². The molecule has 4 heteroatoms. The minimum Gasteiger partial charge on any atom is -0.479 e. The molecule has 2 N–H and O–H groups in total. The van der Waals surface area contributed by atoms with Gasteiger partial charge in [0.05, 0.1) is 0 Å². The number of carboxylic acid groups (broad SMARTS) is 1. The number of hydrogen-bond donors (Lipinski definition) is 2. The molecule has 2 atom stereocenters. The van der Waals surface area contributed by atoms with Gasteiger partial charge in [-0.2, -0.15) is 0 Å². The summed E-state index contributed by atoms with van der Waals surface area (Å²) >= 11 is 0. The third-order valence-corrected chi connectivity index (χ3v) is 4.79. The number of hydrogen-bond acceptors (Lipinski definition) is 2. The number of rotatable bonds is 3. The molecule has 1 saturated carbocycles. The van der Waals surface area contributed by atoms with Crippen molar-refractivity contribution < 1.29 is 14.7 Å². The van der Waals surface area contributed by atoms with Crippen LogP contribution in [0.4, 0.5) is 0 Å². The molecule has 1 amide bonds. The molecule has 0 heterocycles. The van der Waals surface area contributed by atoms with E-state index in [1.807, 2.05) is 32.9 Å². The number of benzene rings is 1. The number of aliphatic carboxylic acids is 1. The van der Waals surface area contributed by atoms with E-state index in [9.17, 15) is 14.7 Å². The quantitative estimate of drug-likeness (QED) is 0.898. The Hall–Kier alpha value is -1.84. The molecule has 21 heavy (non-hydrogen) atoms. The van der Waals surface area contributed by atoms with Crippen LogP contribution in [0.5, 0.6) is 0 Å². The Bertz CT molecular complexity index is 567. The second-order valence-electron chi connectivity index (χ2n) is 6.18. The smallest absolute Gasteiger partial charge is 0.329 e. The summed E-state index contributed by atoms with van der Waals surface area (Å²) in [5, 5.41) is 12.4. The first-order valence-electron chi connectivity index (χ1n) is 7.50. The summed E-state index contributed by atoms with van der Waals surface area (Å²) in [6.07, 6.45) is 3.19. The Morgan fingerprint density at radius 1 is 1.24 bits per heavy atom. The normalized spacial score (nSPS) is 25.4. The first kappa shape index (κ1) is 15.5. The fraction of sp³-hybridized carbons (Fsp3) is 0.529. The Labute approximate surface area is 125 Å². The molecule has 0 spiro atoms. The van der Waals surface area contributed by atoms with Crippen molar-refractivity contribution in [1.82, 2.24) is 5.32 Å². The first-order chi connectivity index (χ1) is 9.86. The summed E-state index contributed by atoms with van der Waals surface area (Å²) in [6, 6.07) is 5.45. The summed E-state index contributed by atoms with van der Waals surface area (Å²) in [4.78, 5) is 24.2. The summed E-state index contributed by atoms with van der Waals surface area (Å²) < 4.78 is 0. The average Bonchev–Trinajstić information content (AvgIpc) is 2.44. The van der Waals surface area contributed by atoms with Crippen LogP contribution in [-0.4, -0.2) is 22.5 Å². The summed E-state index contributed by atoms with van der Waals surface area (Å²) in [6.45, 7) is 5.84. The van der Waals surface area contributed by atoms with Crippen LogP contribution in [0.15, 0.2) is 18.2 Å². The standard InChI is InChI=1S/C17H23NO3/c1-11-7-8-14(10-12(11)2)15(19)18-17(16(20)21)9-5-4-6-13(17)3/h7-8,10,13H,4-6,9H2,1-3H3,(H,18,19)(H,20,21). The van der Waals surface area contributed by atoms with Gasteiger partial charge in [-0.3, -0.25) is 4.79 Å². The highest BCUT2D eigenvalue weighted by Crippen LogP contribution is 2.34. The minimum atomic E-state index is -1.13. The molecule has 0 aromatic heterocycles. The molecule has 0 saturated heterocycles. The zero-order chi connectivity index (χ0) is 15.6. The lowest BCUT2D eigenvalue weighted by atomic mass is 9.73. The van der Waals surface area contributed by atoms with E-state index in [0.29, 0.717) is 12.0 Å². The van der Waals surface area contributed by atoms with Crippen LogP contribution in [0, 0.1) is 19.8 Å². The van der Waals surface area contributed by atoms with Crippen LogP contribution in [-0.2, 0) is 4.79 Å². The van der Waals surface area contributed by atoms with Crippen molar-refractivity contribution in [1.29, 1.82) is 0 Å². The lowest BCUT2D eigenvalue weighted by Gasteiger charge is -2.39. The van der Waals surface area contributed by atoms with E-state index < -0.39 is 11.5 Å². The zero-order valence-electron chi connectivity index (χ0n) is 12.9. The number of nitrogens with one attached hydrogen (secondary N) is 1. The van der Waals surface area contributed by atoms with Crippen LogP contribution >= 0.6 is 0 Å². The maximum Gasteiger partial charge on any atom is 0.329 e. The monoisotopic (exact) mass is 289 g/mol. The van der Waals surface area contributed by atoms with Crippen molar-refractivity contribution in [2.45, 2.75) is 52.0 Å². The molecule has 1 aromatic rings. The van der Waals surface area contributed by atoms with Crippen molar-refractivity contribution >= 4 is 11.9 Å². The van der Waals surface area contributed by atoms with Crippen molar-refractivity contribution in [3.63, 3.8) is 0 Å². The van der Waals surface area contributed by atoms with Crippen molar-refractivity contribution in [3.05, 3.63) is 34.9 Å². The van der Waals surface area contributed by atoms with Crippen molar-refractivity contribution in [2.24, 2.45) is 5.92 Å². The Morgan fingerprint density at radius 3 is 2.52 bits per heavy atom. The number of carboxylic acids is 1. The van der Waals surface area contributed by atoms with Crippen LogP contribution in [0.2, 0.25) is 0 Å². The van der Waals surface area contributed by atoms with Gasteiger partial charge in [0.25, 0.3) is 5.91 Å². The Morgan fingerprint density at radius 2 is 1.95 bits per heavy atom. The van der Waals surface area contributed by atoms with E-state index in [-0.39, 0.29) is 11.8 Å². The summed E-state index contributed by atoms with van der Waals surface area (Å²) in [5.41, 5.74) is 1.54. The number of carbonyl (C=O) groups excluding carboxylic acids is 1. The second kappa shape index (κ2) is 5.88. The van der Waals surface area contributed by atoms with Gasteiger partial charge < -0.3 is 10.4 Å². The van der Waals surface area contributed by atoms with Gasteiger partial charge in [-0.1, -0.05) is 25.8 Å². The average molecular weight is 289 g/mol. The number of aryl methyl sites for hydroxylation is 2. The third kappa shape index (κ3) is 2.94. The highest BCUT2D eigenvalue weighted by atomic mass is 16.4. The van der Waals surface area contributed by atoms with E-state index >= 15 is 0 Å². The predicted molar refractivity (Wildman–Crippen MR) is 81.4 cm³/mol. The third-order valence-electron chi connectivity index (χ3n) is 4.79. The van der Waals surface area contributed by atoms with Gasteiger partial charge in [0.15, 0.2) is 0 Å². The lowest BCUT2D eigenvalue weighted by molar-refractivity contribution is -0.148. The topological polar surface area (TPSA) is 66.4 Å². The second-order valence-corrected chi connectivity index (χ2v) is 6.18. The minimum absolute atomic E-state index is 0.0563. The van der Waals surface area contributed by atoms with E-state index in [4.69, 9.17) is 0 Å². The van der Waals surface area contributed by atoms with Crippen LogP contribution in [0.1, 0.15) is 54.1 Å². The van der Waals surface area contributed by atoms with E-state index in [2.05, 4.69) is 5.32 Å². The SMILES string of the molecule is Cc1ccc(C(=O)NC2(C(=O)O)CCCCC2C)cc1C. The maximum absolute atomic E-state index is 12.5. The maximum atomic E-state index is 12.5. The Kier molecular flexibility index (Phi) is 4.35. The molecular weight excluding hydrogens is 266 g/mol. The number of amides is 1. The fourth-order valence-electron chi connectivity index (χ4n) is 3.06. The first-order valence-corrected chi connectivity index (χ1v) is 7.50.